The van der Waals surface area contributed by atoms with Crippen LogP contribution in [0, 0.1) is 18.6 Å². The molecule has 45 heavy (non-hydrogen) atoms. The van der Waals surface area contributed by atoms with E-state index in [9.17, 15) is 9.59 Å². The monoisotopic (exact) mass is 619 g/mol. The van der Waals surface area contributed by atoms with E-state index in [4.69, 9.17) is 10.5 Å². The van der Waals surface area contributed by atoms with Gasteiger partial charge in [-0.1, -0.05) is 19.9 Å². The minimum atomic E-state index is -0.826. The van der Waals surface area contributed by atoms with Crippen LogP contribution in [0.3, 0.4) is 0 Å². The van der Waals surface area contributed by atoms with E-state index < -0.39 is 29.0 Å². The Morgan fingerprint density at radius 2 is 1.78 bits per heavy atom. The third-order valence-electron chi connectivity index (χ3n) is 7.89. The lowest BCUT2D eigenvalue weighted by atomic mass is 10.0. The molecule has 1 aromatic carbocycles. The smallest absolute Gasteiger partial charge is 0.410 e. The maximum absolute atomic E-state index is 16.0. The third-order valence-corrected chi connectivity index (χ3v) is 7.89. The van der Waals surface area contributed by atoms with Crippen LogP contribution in [0.2, 0.25) is 0 Å². The number of benzene rings is 1. The molecule has 5 rings (SSSR count). The van der Waals surface area contributed by atoms with Gasteiger partial charge in [0.05, 0.1) is 22.3 Å². The van der Waals surface area contributed by atoms with Crippen LogP contribution in [0.5, 0.6) is 0 Å². The highest BCUT2D eigenvalue weighted by molar-refractivity contribution is 5.91. The molecule has 2 unspecified atom stereocenters. The number of ether oxygens (including phenoxy) is 1. The number of nitrogens with zero attached hydrogens (tertiary/aromatic N) is 6. The second kappa shape index (κ2) is 11.7. The number of hydrogen-bond acceptors (Lipinski definition) is 8. The molecule has 2 N–H and O–H groups in total. The second-order valence-corrected chi connectivity index (χ2v) is 12.9. The van der Waals surface area contributed by atoms with Gasteiger partial charge >= 0.3 is 11.8 Å². The first-order valence-corrected chi connectivity index (χ1v) is 15.0. The van der Waals surface area contributed by atoms with E-state index in [-0.39, 0.29) is 58.3 Å². The molecule has 238 valence electrons. The van der Waals surface area contributed by atoms with Gasteiger partial charge in [-0.3, -0.25) is 4.98 Å². The zero-order chi connectivity index (χ0) is 33.0. The number of aryl methyl sites for hydroxylation is 1. The van der Waals surface area contributed by atoms with Crippen molar-refractivity contribution in [2.45, 2.75) is 79.0 Å². The number of hydrogen-bond donors (Lipinski definition) is 1. The van der Waals surface area contributed by atoms with Crippen LogP contribution in [0.15, 0.2) is 41.3 Å². The molecular weight excluding hydrogens is 580 g/mol. The van der Waals surface area contributed by atoms with E-state index in [1.165, 1.54) is 28.8 Å². The predicted molar refractivity (Wildman–Crippen MR) is 171 cm³/mol. The molecule has 0 radical (unpaired) electrons. The number of aromatic nitrogens is 4. The molecular formula is C33H39F2N7O3. The van der Waals surface area contributed by atoms with Crippen LogP contribution in [0.4, 0.5) is 25.1 Å². The fourth-order valence-corrected chi connectivity index (χ4v) is 5.77. The van der Waals surface area contributed by atoms with Crippen molar-refractivity contribution in [3.8, 4) is 16.9 Å². The zero-order valence-corrected chi connectivity index (χ0v) is 26.9. The van der Waals surface area contributed by atoms with Crippen molar-refractivity contribution in [3.05, 3.63) is 69.9 Å². The topological polar surface area (TPSA) is 119 Å². The molecule has 4 heterocycles. The van der Waals surface area contributed by atoms with Crippen LogP contribution in [0.25, 0.3) is 28.0 Å². The van der Waals surface area contributed by atoms with Gasteiger partial charge in [0.2, 0.25) is 0 Å². The van der Waals surface area contributed by atoms with Crippen LogP contribution in [-0.4, -0.2) is 61.3 Å². The van der Waals surface area contributed by atoms with Crippen molar-refractivity contribution in [1.82, 2.24) is 24.4 Å². The number of amides is 1. The van der Waals surface area contributed by atoms with Crippen LogP contribution in [0.1, 0.15) is 65.6 Å². The zero-order valence-electron chi connectivity index (χ0n) is 26.9. The van der Waals surface area contributed by atoms with Crippen LogP contribution >= 0.6 is 0 Å². The summed E-state index contributed by atoms with van der Waals surface area (Å²) in [5.41, 5.74) is 6.17. The van der Waals surface area contributed by atoms with E-state index in [1.807, 2.05) is 39.5 Å². The van der Waals surface area contributed by atoms with Gasteiger partial charge in [0.25, 0.3) is 0 Å². The number of halogens is 2. The predicted octanol–water partition coefficient (Wildman–Crippen LogP) is 5.97. The molecule has 2 atom stereocenters. The number of fused-ring (bicyclic) bond motifs is 1. The molecule has 10 nitrogen and oxygen atoms in total. The van der Waals surface area contributed by atoms with Gasteiger partial charge in [-0.2, -0.15) is 4.98 Å². The SMILES string of the molecule is Cc1ccnc(C(C)C)c1-n1c(=O)nc(N2CC(C)N(C(=O)OC(C)(C)C)CC2C)c2cc(F)c(-c3c(N)cccc3F)nc21. The lowest BCUT2D eigenvalue weighted by Crippen LogP contribution is -2.59. The van der Waals surface area contributed by atoms with Gasteiger partial charge in [0, 0.05) is 37.1 Å². The largest absolute Gasteiger partial charge is 0.444 e. The summed E-state index contributed by atoms with van der Waals surface area (Å²) in [4.78, 5) is 44.2. The summed E-state index contributed by atoms with van der Waals surface area (Å²) in [7, 11) is 0. The molecule has 0 spiro atoms. The van der Waals surface area contributed by atoms with E-state index >= 15 is 8.78 Å². The molecule has 1 saturated heterocycles. The minimum absolute atomic E-state index is 0.00469. The summed E-state index contributed by atoms with van der Waals surface area (Å²) in [6.07, 6.45) is 1.22. The van der Waals surface area contributed by atoms with Crippen molar-refractivity contribution in [1.29, 1.82) is 0 Å². The van der Waals surface area contributed by atoms with Crippen molar-refractivity contribution in [2.75, 3.05) is 23.7 Å². The van der Waals surface area contributed by atoms with E-state index in [0.29, 0.717) is 17.9 Å². The Kier molecular flexibility index (Phi) is 8.28. The van der Waals surface area contributed by atoms with Gasteiger partial charge in [-0.05, 0) is 77.3 Å². The Bertz CT molecular complexity index is 1830. The highest BCUT2D eigenvalue weighted by atomic mass is 19.1. The number of piperazine rings is 1. The molecule has 0 aliphatic carbocycles. The minimum Gasteiger partial charge on any atom is -0.444 e. The number of rotatable bonds is 4. The Labute approximate surface area is 260 Å². The van der Waals surface area contributed by atoms with Crippen molar-refractivity contribution in [2.24, 2.45) is 0 Å². The lowest BCUT2D eigenvalue weighted by Gasteiger charge is -2.44. The maximum atomic E-state index is 16.0. The summed E-state index contributed by atoms with van der Waals surface area (Å²) < 4.78 is 38.1. The van der Waals surface area contributed by atoms with Crippen molar-refractivity contribution >= 4 is 28.6 Å². The summed E-state index contributed by atoms with van der Waals surface area (Å²) in [6, 6.07) is 6.42. The number of carbonyl (C=O) groups is 1. The number of nitrogen functional groups attached to an aromatic ring is 1. The summed E-state index contributed by atoms with van der Waals surface area (Å²) in [5.74, 6) is -1.44. The lowest BCUT2D eigenvalue weighted by molar-refractivity contribution is 0.0130. The highest BCUT2D eigenvalue weighted by Crippen LogP contribution is 2.36. The Balaban J connectivity index is 1.76. The van der Waals surface area contributed by atoms with Crippen molar-refractivity contribution < 1.29 is 18.3 Å². The quantitative estimate of drug-likeness (QED) is 0.278. The molecule has 1 amide bonds. The van der Waals surface area contributed by atoms with Gasteiger partial charge in [0.15, 0.2) is 11.5 Å². The first-order chi connectivity index (χ1) is 21.1. The Morgan fingerprint density at radius 3 is 2.42 bits per heavy atom. The molecule has 3 aromatic heterocycles. The third kappa shape index (κ3) is 5.93. The number of carbonyl (C=O) groups excluding carboxylic acids is 1. The standard InChI is InChI=1S/C33H39F2N7O3/c1-17(2)26-28(18(3)12-13-37-26)42-30-21(14-23(35)27(38-30)25-22(34)10-9-11-24(25)36)29(39-31(42)43)40-15-20(5)41(16-19(40)4)32(44)45-33(6,7)8/h9-14,17,19-20H,15-16,36H2,1-8H3. The Morgan fingerprint density at radius 1 is 1.07 bits per heavy atom. The Hall–Kier alpha value is -4.61. The van der Waals surface area contributed by atoms with Gasteiger partial charge < -0.3 is 20.3 Å². The van der Waals surface area contributed by atoms with Crippen LogP contribution in [-0.2, 0) is 4.74 Å². The second-order valence-electron chi connectivity index (χ2n) is 12.9. The fourth-order valence-electron chi connectivity index (χ4n) is 5.77. The highest BCUT2D eigenvalue weighted by Gasteiger charge is 2.36. The first kappa shape index (κ1) is 31.8. The maximum Gasteiger partial charge on any atom is 0.410 e. The molecule has 0 saturated carbocycles. The van der Waals surface area contributed by atoms with Gasteiger partial charge in [-0.15, -0.1) is 0 Å². The molecule has 1 aliphatic rings. The van der Waals surface area contributed by atoms with E-state index in [1.54, 1.807) is 37.9 Å². The number of nitrogens with two attached hydrogens (primary N) is 1. The van der Waals surface area contributed by atoms with Crippen LogP contribution < -0.4 is 16.3 Å². The normalized spacial score (nSPS) is 17.3. The molecule has 12 heteroatoms. The molecule has 1 fully saturated rings. The fraction of sp³-hybridized carbons (Fsp3) is 0.424. The van der Waals surface area contributed by atoms with Crippen molar-refractivity contribution in [3.63, 3.8) is 0 Å². The summed E-state index contributed by atoms with van der Waals surface area (Å²) in [6.45, 7) is 15.5. The molecule has 0 bridgehead atoms. The average molecular weight is 620 g/mol. The molecule has 4 aromatic rings. The van der Waals surface area contributed by atoms with E-state index in [0.717, 1.165) is 5.56 Å². The van der Waals surface area contributed by atoms with E-state index in [2.05, 4.69) is 15.0 Å². The summed E-state index contributed by atoms with van der Waals surface area (Å²) >= 11 is 0. The van der Waals surface area contributed by atoms with Gasteiger partial charge in [0.1, 0.15) is 22.9 Å². The first-order valence-electron chi connectivity index (χ1n) is 15.0. The van der Waals surface area contributed by atoms with Gasteiger partial charge in [-0.25, -0.2) is 27.9 Å². The average Bonchev–Trinajstić information content (AvgIpc) is 2.93. The summed E-state index contributed by atoms with van der Waals surface area (Å²) in [5, 5.41) is 0.244. The number of pyridine rings is 2. The molecule has 1 aliphatic heterocycles. The number of anilines is 2.